The van der Waals surface area contributed by atoms with Crippen LogP contribution < -0.4 is 10.7 Å². The number of carbonyl (C=O) groups is 3. The minimum atomic E-state index is -0.633. The molecule has 1 aliphatic rings. The van der Waals surface area contributed by atoms with E-state index in [9.17, 15) is 14.4 Å². The number of aromatic nitrogens is 1. The molecular formula is C16H16N4O4. The zero-order chi connectivity index (χ0) is 17.1. The van der Waals surface area contributed by atoms with E-state index in [0.29, 0.717) is 18.1 Å². The van der Waals surface area contributed by atoms with Gasteiger partial charge in [-0.25, -0.2) is 14.8 Å². The molecule has 3 rings (SSSR count). The largest absolute Gasteiger partial charge is 0.441 e. The van der Waals surface area contributed by atoms with E-state index in [0.717, 1.165) is 16.1 Å². The van der Waals surface area contributed by atoms with Crippen molar-refractivity contribution in [2.24, 2.45) is 0 Å². The lowest BCUT2D eigenvalue weighted by Crippen LogP contribution is -2.44. The maximum absolute atomic E-state index is 11.8. The fourth-order valence-electron chi connectivity index (χ4n) is 2.24. The molecule has 8 nitrogen and oxygen atoms in total. The van der Waals surface area contributed by atoms with Gasteiger partial charge < -0.3 is 4.42 Å². The molecule has 24 heavy (non-hydrogen) atoms. The van der Waals surface area contributed by atoms with Gasteiger partial charge in [-0.2, -0.15) is 0 Å². The van der Waals surface area contributed by atoms with Crippen LogP contribution in [0.5, 0.6) is 0 Å². The summed E-state index contributed by atoms with van der Waals surface area (Å²) in [6.45, 7) is 1.82. The van der Waals surface area contributed by atoms with Gasteiger partial charge in [-0.15, -0.1) is 0 Å². The van der Waals surface area contributed by atoms with Gasteiger partial charge in [0.1, 0.15) is 6.54 Å². The van der Waals surface area contributed by atoms with Crippen LogP contribution in [0, 0.1) is 6.92 Å². The van der Waals surface area contributed by atoms with Crippen molar-refractivity contribution >= 4 is 17.8 Å². The number of amides is 4. The molecule has 0 unspecified atom stereocenters. The second-order valence-electron chi connectivity index (χ2n) is 5.46. The van der Waals surface area contributed by atoms with E-state index in [1.165, 1.54) is 0 Å². The summed E-state index contributed by atoms with van der Waals surface area (Å²) in [7, 11) is 0. The van der Waals surface area contributed by atoms with Crippen molar-refractivity contribution in [3.63, 3.8) is 0 Å². The first-order valence-corrected chi connectivity index (χ1v) is 7.44. The summed E-state index contributed by atoms with van der Waals surface area (Å²) < 4.78 is 5.63. The summed E-state index contributed by atoms with van der Waals surface area (Å²) in [5, 5.41) is 3.02. The number of imide groups is 1. The summed E-state index contributed by atoms with van der Waals surface area (Å²) >= 11 is 0. The predicted octanol–water partition coefficient (Wildman–Crippen LogP) is 1.17. The molecule has 1 saturated heterocycles. The Labute approximate surface area is 137 Å². The van der Waals surface area contributed by atoms with Crippen LogP contribution in [-0.4, -0.2) is 34.4 Å². The highest BCUT2D eigenvalue weighted by Gasteiger charge is 2.28. The van der Waals surface area contributed by atoms with Crippen LogP contribution in [0.25, 0.3) is 11.3 Å². The van der Waals surface area contributed by atoms with Gasteiger partial charge in [-0.1, -0.05) is 29.8 Å². The van der Waals surface area contributed by atoms with Gasteiger partial charge in [0.2, 0.25) is 11.8 Å². The van der Waals surface area contributed by atoms with Crippen LogP contribution in [0.3, 0.4) is 0 Å². The summed E-state index contributed by atoms with van der Waals surface area (Å²) in [5.41, 5.74) is 4.43. The lowest BCUT2D eigenvalue weighted by atomic mass is 10.1. The van der Waals surface area contributed by atoms with Gasteiger partial charge in [-0.3, -0.25) is 20.3 Å². The van der Waals surface area contributed by atoms with Gasteiger partial charge in [0.25, 0.3) is 0 Å². The molecule has 124 valence electrons. The van der Waals surface area contributed by atoms with Crippen molar-refractivity contribution in [3.8, 4) is 11.3 Å². The molecule has 0 bridgehead atoms. The Morgan fingerprint density at radius 1 is 1.33 bits per heavy atom. The van der Waals surface area contributed by atoms with E-state index in [4.69, 9.17) is 4.42 Å². The Balaban J connectivity index is 1.53. The number of rotatable bonds is 5. The SMILES string of the molecule is Cc1ccc(-c2cnc(CCC(=O)NN3CC(=O)NC3=O)o2)cc1. The molecule has 1 aromatic heterocycles. The van der Waals surface area contributed by atoms with Crippen molar-refractivity contribution in [1.29, 1.82) is 0 Å². The Kier molecular flexibility index (Phi) is 4.28. The maximum Gasteiger partial charge on any atom is 0.343 e. The van der Waals surface area contributed by atoms with Gasteiger partial charge >= 0.3 is 6.03 Å². The number of aryl methyl sites for hydroxylation is 2. The predicted molar refractivity (Wildman–Crippen MR) is 83.4 cm³/mol. The molecular weight excluding hydrogens is 312 g/mol. The molecule has 0 aliphatic carbocycles. The Morgan fingerprint density at radius 3 is 2.75 bits per heavy atom. The zero-order valence-corrected chi connectivity index (χ0v) is 13.0. The average Bonchev–Trinajstić information content (AvgIpc) is 3.13. The smallest absolute Gasteiger partial charge is 0.343 e. The third kappa shape index (κ3) is 3.60. The number of nitrogens with one attached hydrogen (secondary N) is 2. The zero-order valence-electron chi connectivity index (χ0n) is 13.0. The van der Waals surface area contributed by atoms with Gasteiger partial charge in [0.15, 0.2) is 11.7 Å². The number of benzene rings is 1. The molecule has 1 aliphatic heterocycles. The monoisotopic (exact) mass is 328 g/mol. The molecule has 1 fully saturated rings. The fraction of sp³-hybridized carbons (Fsp3) is 0.250. The van der Waals surface area contributed by atoms with Crippen LogP contribution in [0.15, 0.2) is 34.9 Å². The second-order valence-corrected chi connectivity index (χ2v) is 5.46. The van der Waals surface area contributed by atoms with Gasteiger partial charge in [-0.05, 0) is 6.92 Å². The highest BCUT2D eigenvalue weighted by atomic mass is 16.4. The highest BCUT2D eigenvalue weighted by molar-refractivity contribution is 6.02. The van der Waals surface area contributed by atoms with Crippen LogP contribution in [0.4, 0.5) is 4.79 Å². The molecule has 0 atom stereocenters. The molecule has 2 aromatic rings. The van der Waals surface area contributed by atoms with Gasteiger partial charge in [0.05, 0.1) is 6.20 Å². The highest BCUT2D eigenvalue weighted by Crippen LogP contribution is 2.21. The molecule has 0 saturated carbocycles. The fourth-order valence-corrected chi connectivity index (χ4v) is 2.24. The van der Waals surface area contributed by atoms with Crippen LogP contribution in [0.1, 0.15) is 17.9 Å². The van der Waals surface area contributed by atoms with Crippen molar-refractivity contribution in [2.45, 2.75) is 19.8 Å². The van der Waals surface area contributed by atoms with E-state index < -0.39 is 17.8 Å². The number of hydrogen-bond acceptors (Lipinski definition) is 5. The summed E-state index contributed by atoms with van der Waals surface area (Å²) in [6.07, 6.45) is 2.00. The molecule has 1 aromatic carbocycles. The van der Waals surface area contributed by atoms with E-state index >= 15 is 0 Å². The number of hydrogen-bond donors (Lipinski definition) is 2. The third-order valence-electron chi connectivity index (χ3n) is 3.51. The molecule has 8 heteroatoms. The van der Waals surface area contributed by atoms with Crippen molar-refractivity contribution < 1.29 is 18.8 Å². The topological polar surface area (TPSA) is 105 Å². The Morgan fingerprint density at radius 2 is 2.08 bits per heavy atom. The number of nitrogens with zero attached hydrogens (tertiary/aromatic N) is 2. The first-order valence-electron chi connectivity index (χ1n) is 7.44. The number of urea groups is 1. The Bertz CT molecular complexity index is 782. The minimum Gasteiger partial charge on any atom is -0.441 e. The standard InChI is InChI=1S/C16H16N4O4/c1-10-2-4-11(5-3-10)12-8-17-15(24-12)7-6-13(21)19-20-9-14(22)18-16(20)23/h2-5,8H,6-7,9H2,1H3,(H,19,21)(H,18,22,23). The average molecular weight is 328 g/mol. The molecule has 0 spiro atoms. The maximum atomic E-state index is 11.8. The van der Waals surface area contributed by atoms with E-state index in [1.54, 1.807) is 6.20 Å². The van der Waals surface area contributed by atoms with Crippen molar-refractivity contribution in [3.05, 3.63) is 41.9 Å². The lowest BCUT2D eigenvalue weighted by Gasteiger charge is -2.13. The number of hydrazine groups is 1. The number of carbonyl (C=O) groups excluding carboxylic acids is 3. The van der Waals surface area contributed by atoms with Crippen LogP contribution in [0.2, 0.25) is 0 Å². The second kappa shape index (κ2) is 6.53. The number of oxazole rings is 1. The summed E-state index contributed by atoms with van der Waals surface area (Å²) in [6, 6.07) is 7.21. The van der Waals surface area contributed by atoms with Crippen molar-refractivity contribution in [1.82, 2.24) is 20.7 Å². The van der Waals surface area contributed by atoms with Crippen molar-refractivity contribution in [2.75, 3.05) is 6.54 Å². The lowest BCUT2D eigenvalue weighted by molar-refractivity contribution is -0.125. The quantitative estimate of drug-likeness (QED) is 0.802. The normalized spacial score (nSPS) is 14.0. The Hall–Kier alpha value is -3.16. The van der Waals surface area contributed by atoms with E-state index in [-0.39, 0.29) is 13.0 Å². The first-order chi connectivity index (χ1) is 11.5. The molecule has 2 N–H and O–H groups in total. The van der Waals surface area contributed by atoms with E-state index in [2.05, 4.69) is 15.7 Å². The molecule has 4 amide bonds. The van der Waals surface area contributed by atoms with E-state index in [1.807, 2.05) is 31.2 Å². The van der Waals surface area contributed by atoms with Crippen LogP contribution >= 0.6 is 0 Å². The molecule has 0 radical (unpaired) electrons. The minimum absolute atomic E-state index is 0.0891. The third-order valence-corrected chi connectivity index (χ3v) is 3.51. The summed E-state index contributed by atoms with van der Waals surface area (Å²) in [5.74, 6) is 0.225. The summed E-state index contributed by atoms with van der Waals surface area (Å²) in [4.78, 5) is 38.3. The molecule has 2 heterocycles. The van der Waals surface area contributed by atoms with Crippen LogP contribution in [-0.2, 0) is 16.0 Å². The van der Waals surface area contributed by atoms with Gasteiger partial charge in [0, 0.05) is 18.4 Å². The first kappa shape index (κ1) is 15.7.